The molecule has 8 heteroatoms. The van der Waals surface area contributed by atoms with E-state index in [0.717, 1.165) is 17.7 Å². The van der Waals surface area contributed by atoms with Gasteiger partial charge in [-0.1, -0.05) is 18.5 Å². The minimum Gasteiger partial charge on any atom is -0.345 e. The number of benzene rings is 1. The molecule has 0 unspecified atom stereocenters. The van der Waals surface area contributed by atoms with Crippen molar-refractivity contribution in [1.29, 1.82) is 0 Å². The molecule has 0 bridgehead atoms. The Kier molecular flexibility index (Phi) is 5.46. The zero-order chi connectivity index (χ0) is 17.9. The zero-order valence-corrected chi connectivity index (χ0v) is 14.8. The molecule has 128 valence electrons. The number of carbonyl (C=O) groups excluding carboxylic acids is 2. The van der Waals surface area contributed by atoms with Crippen molar-refractivity contribution >= 4 is 35.0 Å². The summed E-state index contributed by atoms with van der Waals surface area (Å²) in [7, 11) is 3.31. The number of halogens is 1. The summed E-state index contributed by atoms with van der Waals surface area (Å²) in [6.07, 6.45) is 0.794. The van der Waals surface area contributed by atoms with Gasteiger partial charge in [-0.05, 0) is 31.5 Å². The molecule has 0 saturated carbocycles. The number of rotatable bonds is 4. The molecule has 0 radical (unpaired) electrons. The molecule has 7 nitrogen and oxygen atoms in total. The predicted octanol–water partition coefficient (Wildman–Crippen LogP) is 3.28. The monoisotopic (exact) mass is 349 g/mol. The van der Waals surface area contributed by atoms with Gasteiger partial charge in [0.05, 0.1) is 10.7 Å². The van der Waals surface area contributed by atoms with Crippen LogP contribution in [-0.2, 0) is 6.42 Å². The minimum absolute atomic E-state index is 0.175. The van der Waals surface area contributed by atoms with Gasteiger partial charge in [0.2, 0.25) is 0 Å². The minimum atomic E-state index is -0.483. The van der Waals surface area contributed by atoms with Crippen LogP contribution in [0.1, 0.15) is 28.5 Å². The first-order valence-electron chi connectivity index (χ1n) is 7.46. The quantitative estimate of drug-likeness (QED) is 0.791. The van der Waals surface area contributed by atoms with Crippen LogP contribution in [0.3, 0.4) is 0 Å². The number of hydrogen-bond acceptors (Lipinski definition) is 3. The first-order chi connectivity index (χ1) is 11.3. The highest BCUT2D eigenvalue weighted by Crippen LogP contribution is 2.24. The molecule has 1 aromatic carbocycles. The van der Waals surface area contributed by atoms with Gasteiger partial charge < -0.3 is 10.2 Å². The van der Waals surface area contributed by atoms with Crippen LogP contribution in [0, 0.1) is 6.92 Å². The van der Waals surface area contributed by atoms with E-state index in [1.807, 2.05) is 13.8 Å². The second-order valence-corrected chi connectivity index (χ2v) is 5.91. The number of nitrogens with zero attached hydrogens (tertiary/aromatic N) is 2. The Hall–Kier alpha value is -2.54. The van der Waals surface area contributed by atoms with Crippen LogP contribution in [0.5, 0.6) is 0 Å². The SMILES string of the molecule is CCc1[nH]nc(NC(=O)Nc2cc(C(=O)N(C)C)ccc2Cl)c1C. The Morgan fingerprint density at radius 3 is 2.58 bits per heavy atom. The Balaban J connectivity index is 2.15. The second-order valence-electron chi connectivity index (χ2n) is 5.50. The Morgan fingerprint density at radius 1 is 1.29 bits per heavy atom. The number of amides is 3. The number of aromatic amines is 1. The fraction of sp³-hybridized carbons (Fsp3) is 0.312. The van der Waals surface area contributed by atoms with Gasteiger partial charge in [0.15, 0.2) is 5.82 Å². The Morgan fingerprint density at radius 2 is 2.00 bits per heavy atom. The third-order valence-corrected chi connectivity index (χ3v) is 3.89. The molecule has 3 amide bonds. The molecule has 3 N–H and O–H groups in total. The van der Waals surface area contributed by atoms with E-state index in [0.29, 0.717) is 22.1 Å². The second kappa shape index (κ2) is 7.35. The summed E-state index contributed by atoms with van der Waals surface area (Å²) >= 11 is 6.10. The molecule has 2 rings (SSSR count). The van der Waals surface area contributed by atoms with Crippen LogP contribution < -0.4 is 10.6 Å². The molecule has 0 fully saturated rings. The lowest BCUT2D eigenvalue weighted by molar-refractivity contribution is 0.0827. The molecule has 24 heavy (non-hydrogen) atoms. The van der Waals surface area contributed by atoms with Crippen LogP contribution in [0.15, 0.2) is 18.2 Å². The van der Waals surface area contributed by atoms with Gasteiger partial charge in [-0.15, -0.1) is 0 Å². The van der Waals surface area contributed by atoms with Crippen LogP contribution >= 0.6 is 11.6 Å². The summed E-state index contributed by atoms with van der Waals surface area (Å²) in [6.45, 7) is 3.87. The molecule has 0 atom stereocenters. The van der Waals surface area contributed by atoms with E-state index in [1.54, 1.807) is 32.3 Å². The van der Waals surface area contributed by atoms with E-state index in [2.05, 4.69) is 20.8 Å². The van der Waals surface area contributed by atoms with Crippen molar-refractivity contribution in [2.45, 2.75) is 20.3 Å². The Labute approximate surface area is 145 Å². The first kappa shape index (κ1) is 17.8. The molecule has 0 aliphatic carbocycles. The Bertz CT molecular complexity index is 770. The molecule has 1 aromatic heterocycles. The number of anilines is 2. The summed E-state index contributed by atoms with van der Waals surface area (Å²) in [4.78, 5) is 25.6. The van der Waals surface area contributed by atoms with E-state index in [4.69, 9.17) is 11.6 Å². The first-order valence-corrected chi connectivity index (χ1v) is 7.84. The lowest BCUT2D eigenvalue weighted by Crippen LogP contribution is -2.23. The fourth-order valence-corrected chi connectivity index (χ4v) is 2.34. The summed E-state index contributed by atoms with van der Waals surface area (Å²) in [5, 5.41) is 12.6. The standard InChI is InChI=1S/C16H20ClN5O2/c1-5-12-9(2)14(21-20-12)19-16(24)18-13-8-10(6-7-11(13)17)15(23)22(3)4/h6-8H,5H2,1-4H3,(H3,18,19,20,21,24). The molecule has 1 heterocycles. The highest BCUT2D eigenvalue weighted by atomic mass is 35.5. The van der Waals surface area contributed by atoms with Gasteiger partial charge in [0.1, 0.15) is 0 Å². The number of nitrogens with one attached hydrogen (secondary N) is 3. The largest absolute Gasteiger partial charge is 0.345 e. The molecule has 0 saturated heterocycles. The fourth-order valence-electron chi connectivity index (χ4n) is 2.17. The lowest BCUT2D eigenvalue weighted by atomic mass is 10.2. The molecule has 2 aromatic rings. The number of aryl methyl sites for hydroxylation is 1. The number of H-pyrrole nitrogens is 1. The van der Waals surface area contributed by atoms with Crippen LogP contribution in [0.2, 0.25) is 5.02 Å². The van der Waals surface area contributed by atoms with E-state index in [1.165, 1.54) is 4.90 Å². The van der Waals surface area contributed by atoms with Gasteiger partial charge in [-0.2, -0.15) is 5.10 Å². The number of urea groups is 1. The predicted molar refractivity (Wildman–Crippen MR) is 94.8 cm³/mol. The maximum Gasteiger partial charge on any atom is 0.324 e. The average Bonchev–Trinajstić information content (AvgIpc) is 2.88. The van der Waals surface area contributed by atoms with Crippen LogP contribution in [-0.4, -0.2) is 41.1 Å². The van der Waals surface area contributed by atoms with E-state index in [-0.39, 0.29) is 5.91 Å². The third kappa shape index (κ3) is 3.86. The van der Waals surface area contributed by atoms with Crippen molar-refractivity contribution in [3.63, 3.8) is 0 Å². The van der Waals surface area contributed by atoms with Gasteiger partial charge >= 0.3 is 6.03 Å². The molecule has 0 aliphatic heterocycles. The summed E-state index contributed by atoms with van der Waals surface area (Å²) < 4.78 is 0. The van der Waals surface area contributed by atoms with Crippen molar-refractivity contribution in [3.8, 4) is 0 Å². The van der Waals surface area contributed by atoms with Gasteiger partial charge in [-0.3, -0.25) is 15.2 Å². The smallest absolute Gasteiger partial charge is 0.324 e. The molecule has 0 aliphatic rings. The topological polar surface area (TPSA) is 90.1 Å². The van der Waals surface area contributed by atoms with Crippen molar-refractivity contribution in [2.24, 2.45) is 0 Å². The van der Waals surface area contributed by atoms with Crippen molar-refractivity contribution in [1.82, 2.24) is 15.1 Å². The molecular formula is C16H20ClN5O2. The molecule has 0 spiro atoms. The highest BCUT2D eigenvalue weighted by molar-refractivity contribution is 6.34. The maximum atomic E-state index is 12.2. The maximum absolute atomic E-state index is 12.2. The van der Waals surface area contributed by atoms with Crippen LogP contribution in [0.4, 0.5) is 16.3 Å². The molecular weight excluding hydrogens is 330 g/mol. The number of aromatic nitrogens is 2. The van der Waals surface area contributed by atoms with Crippen molar-refractivity contribution < 1.29 is 9.59 Å². The number of hydrogen-bond donors (Lipinski definition) is 3. The summed E-state index contributed by atoms with van der Waals surface area (Å²) in [5.41, 5.74) is 2.63. The van der Waals surface area contributed by atoms with Gasteiger partial charge in [-0.25, -0.2) is 4.79 Å². The van der Waals surface area contributed by atoms with E-state index >= 15 is 0 Å². The van der Waals surface area contributed by atoms with Crippen LogP contribution in [0.25, 0.3) is 0 Å². The highest BCUT2D eigenvalue weighted by Gasteiger charge is 2.14. The normalized spacial score (nSPS) is 10.4. The van der Waals surface area contributed by atoms with Gasteiger partial charge in [0.25, 0.3) is 5.91 Å². The van der Waals surface area contributed by atoms with Crippen molar-refractivity contribution in [3.05, 3.63) is 40.0 Å². The van der Waals surface area contributed by atoms with E-state index in [9.17, 15) is 9.59 Å². The average molecular weight is 350 g/mol. The number of carbonyl (C=O) groups is 2. The van der Waals surface area contributed by atoms with Crippen molar-refractivity contribution in [2.75, 3.05) is 24.7 Å². The third-order valence-electron chi connectivity index (χ3n) is 3.56. The van der Waals surface area contributed by atoms with Gasteiger partial charge in [0, 0.05) is 30.9 Å². The summed E-state index contributed by atoms with van der Waals surface area (Å²) in [5.74, 6) is 0.284. The summed E-state index contributed by atoms with van der Waals surface area (Å²) in [6, 6.07) is 4.24. The zero-order valence-electron chi connectivity index (χ0n) is 14.0. The lowest BCUT2D eigenvalue weighted by Gasteiger charge is -2.13. The van der Waals surface area contributed by atoms with E-state index < -0.39 is 6.03 Å².